The summed E-state index contributed by atoms with van der Waals surface area (Å²) in [4.78, 5) is 18.0. The van der Waals surface area contributed by atoms with Crippen LogP contribution in [0.3, 0.4) is 0 Å². The van der Waals surface area contributed by atoms with E-state index in [1.54, 1.807) is 11.8 Å². The van der Waals surface area contributed by atoms with Gasteiger partial charge in [0.1, 0.15) is 23.7 Å². The molecule has 0 radical (unpaired) electrons. The zero-order chi connectivity index (χ0) is 34.1. The number of Topliss-reactive ketones (excluding diaryl/α,β-unsaturated/α-hetero) is 1. The molecule has 4 atom stereocenters. The lowest BCUT2D eigenvalue weighted by Gasteiger charge is -2.27. The van der Waals surface area contributed by atoms with Crippen LogP contribution >= 0.6 is 23.4 Å². The number of ketones is 1. The summed E-state index contributed by atoms with van der Waals surface area (Å²) in [5.74, 6) is 0.726. The predicted molar refractivity (Wildman–Crippen MR) is 185 cm³/mol. The van der Waals surface area contributed by atoms with Crippen molar-refractivity contribution in [3.05, 3.63) is 77.1 Å². The van der Waals surface area contributed by atoms with Crippen molar-refractivity contribution < 1.29 is 39.8 Å². The molecule has 2 aliphatic carbocycles. The highest BCUT2D eigenvalue weighted by Gasteiger charge is 2.48. The minimum absolute atomic E-state index is 0.108. The van der Waals surface area contributed by atoms with E-state index >= 15 is 0 Å². The first-order chi connectivity index (χ1) is 23.2. The van der Waals surface area contributed by atoms with Crippen LogP contribution in [0.2, 0.25) is 5.02 Å². The van der Waals surface area contributed by atoms with E-state index in [4.69, 9.17) is 26.2 Å². The molecule has 0 amide bonds. The molecule has 2 aliphatic rings. The third-order valence-corrected chi connectivity index (χ3v) is 10.5. The minimum Gasteiger partial charge on any atom is -0.490 e. The molecule has 11 heteroatoms. The fourth-order valence-electron chi connectivity index (χ4n) is 5.82. The van der Waals surface area contributed by atoms with Gasteiger partial charge in [-0.3, -0.25) is 9.78 Å². The molecule has 2 aromatic carbocycles. The van der Waals surface area contributed by atoms with Crippen molar-refractivity contribution in [1.82, 2.24) is 4.98 Å². The molecule has 2 saturated carbocycles. The second kappa shape index (κ2) is 17.4. The lowest BCUT2D eigenvalue weighted by atomic mass is 9.90. The quantitative estimate of drug-likeness (QED) is 0.0718. The first-order valence-electron chi connectivity index (χ1n) is 16.8. The van der Waals surface area contributed by atoms with Crippen molar-refractivity contribution in [1.29, 1.82) is 0 Å². The normalized spacial score (nSPS) is 17.8. The molecule has 48 heavy (non-hydrogen) atoms. The zero-order valence-electron chi connectivity index (χ0n) is 27.0. The van der Waals surface area contributed by atoms with Gasteiger partial charge in [0.15, 0.2) is 0 Å². The monoisotopic (exact) mass is 699 g/mol. The lowest BCUT2D eigenvalue weighted by molar-refractivity contribution is -0.127. The first kappa shape index (κ1) is 36.7. The third-order valence-electron chi connectivity index (χ3n) is 9.04. The maximum Gasteiger partial charge on any atom is 0.133 e. The van der Waals surface area contributed by atoms with E-state index < -0.39 is 43.0 Å². The molecule has 0 bridgehead atoms. The number of aliphatic hydroxyl groups excluding tert-OH is 5. The number of hydrogen-bond donors (Lipinski definition) is 5. The smallest absolute Gasteiger partial charge is 0.133 e. The minimum atomic E-state index is -1.64. The Labute approximate surface area is 291 Å². The van der Waals surface area contributed by atoms with Crippen LogP contribution in [0.1, 0.15) is 68.9 Å². The molecule has 0 aliphatic heterocycles. The molecule has 9 nitrogen and oxygen atoms in total. The van der Waals surface area contributed by atoms with Crippen LogP contribution in [0.25, 0.3) is 11.1 Å². The summed E-state index contributed by atoms with van der Waals surface area (Å²) in [6.07, 6.45) is 5.95. The van der Waals surface area contributed by atoms with E-state index in [-0.39, 0.29) is 12.2 Å². The first-order valence-corrected chi connectivity index (χ1v) is 18.1. The van der Waals surface area contributed by atoms with E-state index in [0.717, 1.165) is 77.2 Å². The number of halogens is 1. The molecule has 5 rings (SSSR count). The summed E-state index contributed by atoms with van der Waals surface area (Å²) in [7, 11) is 0. The highest BCUT2D eigenvalue weighted by molar-refractivity contribution is 7.99. The van der Waals surface area contributed by atoms with E-state index in [1.165, 1.54) is 0 Å². The number of thioether (sulfide) groups is 1. The van der Waals surface area contributed by atoms with Crippen LogP contribution in [-0.2, 0) is 21.7 Å². The molecule has 1 heterocycles. The Morgan fingerprint density at radius 1 is 0.979 bits per heavy atom. The van der Waals surface area contributed by atoms with Crippen LogP contribution in [0, 0.1) is 5.92 Å². The molecule has 1 aromatic heterocycles. The summed E-state index contributed by atoms with van der Waals surface area (Å²) in [5, 5.41) is 48.8. The molecule has 5 N–H and O–H groups in total. The number of para-hydroxylation sites is 1. The summed E-state index contributed by atoms with van der Waals surface area (Å²) in [5.41, 5.74) is 3.71. The maximum atomic E-state index is 12.4. The Morgan fingerprint density at radius 3 is 2.50 bits per heavy atom. The topological polar surface area (TPSA) is 150 Å². The van der Waals surface area contributed by atoms with Gasteiger partial charge in [-0.15, -0.1) is 11.8 Å². The number of nitrogens with zero attached hydrogens (tertiary/aromatic N) is 1. The molecular weight excluding hydrogens is 654 g/mol. The van der Waals surface area contributed by atoms with Gasteiger partial charge in [0.2, 0.25) is 0 Å². The number of aliphatic hydroxyl groups is 5. The number of pyridine rings is 1. The van der Waals surface area contributed by atoms with Crippen molar-refractivity contribution in [2.75, 3.05) is 19.0 Å². The fourth-order valence-corrected chi connectivity index (χ4v) is 6.96. The van der Waals surface area contributed by atoms with Gasteiger partial charge in [0, 0.05) is 58.8 Å². The standard InChI is InChI=1S/C37H46ClNO8S/c38-32-12-11-28(48-17-5-1-2-6-26(42)18-24(21-40)35(44)36(45)33(43)22-41)19-25(32)23-46-37(14-15-37)31-20-39-16-13-29(31)30-7-3-4-8-34(30)47-27-9-10-27/h3-4,7-8,11-13,16,19-20,24,27,33,35-36,40-41,43-45H,1-2,5-6,9-10,14-15,17-18,21-23H2/t24-,33+,35+,36+/m0/s1. The van der Waals surface area contributed by atoms with Gasteiger partial charge in [-0.1, -0.05) is 36.2 Å². The van der Waals surface area contributed by atoms with E-state index in [0.29, 0.717) is 30.6 Å². The fraction of sp³-hybridized carbons (Fsp3) is 0.514. The highest BCUT2D eigenvalue weighted by atomic mass is 35.5. The summed E-state index contributed by atoms with van der Waals surface area (Å²) >= 11 is 8.34. The number of rotatable bonds is 21. The number of aromatic nitrogens is 1. The number of ether oxygens (including phenoxy) is 2. The van der Waals surface area contributed by atoms with Gasteiger partial charge in [0.25, 0.3) is 0 Å². The molecule has 0 spiro atoms. The summed E-state index contributed by atoms with van der Waals surface area (Å²) in [6, 6.07) is 16.2. The van der Waals surface area contributed by atoms with Gasteiger partial charge in [-0.25, -0.2) is 0 Å². The Bertz CT molecular complexity index is 1500. The van der Waals surface area contributed by atoms with E-state index in [9.17, 15) is 25.2 Å². The maximum absolute atomic E-state index is 12.4. The summed E-state index contributed by atoms with van der Waals surface area (Å²) in [6.45, 7) is -0.861. The van der Waals surface area contributed by atoms with Crippen LogP contribution in [-0.4, -0.2) is 79.7 Å². The molecule has 0 unspecified atom stereocenters. The van der Waals surface area contributed by atoms with Gasteiger partial charge < -0.3 is 35.0 Å². The number of benzene rings is 2. The molecule has 2 fully saturated rings. The average molecular weight is 700 g/mol. The van der Waals surface area contributed by atoms with Crippen molar-refractivity contribution in [3.8, 4) is 16.9 Å². The van der Waals surface area contributed by atoms with Crippen LogP contribution in [0.15, 0.2) is 65.8 Å². The molecular formula is C37H46ClNO8S. The predicted octanol–water partition coefficient (Wildman–Crippen LogP) is 5.44. The number of carbonyl (C=O) groups excluding carboxylic acids is 1. The van der Waals surface area contributed by atoms with Gasteiger partial charge in [-0.05, 0) is 85.7 Å². The van der Waals surface area contributed by atoms with Crippen LogP contribution in [0.4, 0.5) is 0 Å². The van der Waals surface area contributed by atoms with E-state index in [2.05, 4.69) is 17.1 Å². The zero-order valence-corrected chi connectivity index (χ0v) is 28.6. The highest BCUT2D eigenvalue weighted by Crippen LogP contribution is 2.53. The Morgan fingerprint density at radius 2 is 1.77 bits per heavy atom. The number of hydrogen-bond acceptors (Lipinski definition) is 10. The summed E-state index contributed by atoms with van der Waals surface area (Å²) < 4.78 is 12.9. The average Bonchev–Trinajstić information content (AvgIpc) is 4.05. The molecule has 0 saturated heterocycles. The largest absolute Gasteiger partial charge is 0.490 e. The second-order valence-electron chi connectivity index (χ2n) is 12.8. The Kier molecular flexibility index (Phi) is 13.3. The lowest BCUT2D eigenvalue weighted by Crippen LogP contribution is -2.45. The van der Waals surface area contributed by atoms with Gasteiger partial charge in [-0.2, -0.15) is 0 Å². The van der Waals surface area contributed by atoms with Crippen molar-refractivity contribution >= 4 is 29.1 Å². The number of carbonyl (C=O) groups is 1. The van der Waals surface area contributed by atoms with Crippen molar-refractivity contribution in [2.24, 2.45) is 5.92 Å². The van der Waals surface area contributed by atoms with E-state index in [1.807, 2.05) is 48.8 Å². The number of unbranched alkanes of at least 4 members (excludes halogenated alkanes) is 2. The van der Waals surface area contributed by atoms with Gasteiger partial charge >= 0.3 is 0 Å². The molecule has 3 aromatic rings. The SMILES string of the molecule is O=C(CCCCCSc1ccc(Cl)c(COC2(c3cnccc3-c3ccccc3OC3CC3)CC2)c1)C[C@@H](CO)[C@@H](O)[C@H](O)[C@H](O)CO. The van der Waals surface area contributed by atoms with Gasteiger partial charge in [0.05, 0.1) is 31.0 Å². The second-order valence-corrected chi connectivity index (χ2v) is 14.4. The molecule has 260 valence electrons. The van der Waals surface area contributed by atoms with Crippen molar-refractivity contribution in [3.63, 3.8) is 0 Å². The Balaban J connectivity index is 1.09. The van der Waals surface area contributed by atoms with Crippen molar-refractivity contribution in [2.45, 2.75) is 99.3 Å². The third kappa shape index (κ3) is 9.79. The Hall–Kier alpha value is -2.54. The van der Waals surface area contributed by atoms with Crippen LogP contribution in [0.5, 0.6) is 5.75 Å². The van der Waals surface area contributed by atoms with Crippen LogP contribution < -0.4 is 4.74 Å².